The van der Waals surface area contributed by atoms with Crippen LogP contribution in [0, 0.1) is 23.7 Å². The van der Waals surface area contributed by atoms with Gasteiger partial charge in [-0.25, -0.2) is 0 Å². The average molecular weight is 256 g/mol. The Bertz CT molecular complexity index is 270. The van der Waals surface area contributed by atoms with E-state index in [0.717, 1.165) is 12.8 Å². The molecule has 0 heterocycles. The van der Waals surface area contributed by atoms with Crippen LogP contribution < -0.4 is 0 Å². The van der Waals surface area contributed by atoms with Crippen molar-refractivity contribution in [2.24, 2.45) is 23.7 Å². The lowest BCUT2D eigenvalue weighted by Crippen LogP contribution is -2.38. The minimum atomic E-state index is -0.244. The Morgan fingerprint density at radius 3 is 1.50 bits per heavy atom. The number of rotatable bonds is 4. The molecular formula is C14H24O4. The van der Waals surface area contributed by atoms with E-state index in [9.17, 15) is 9.59 Å². The smallest absolute Gasteiger partial charge is 0.302 e. The highest BCUT2D eigenvalue weighted by Crippen LogP contribution is 2.39. The van der Waals surface area contributed by atoms with E-state index >= 15 is 0 Å². The summed E-state index contributed by atoms with van der Waals surface area (Å²) in [6.07, 6.45) is 2.29. The number of hydrogen-bond acceptors (Lipinski definition) is 4. The molecule has 1 fully saturated rings. The molecule has 4 nitrogen and oxygen atoms in total. The molecule has 1 aliphatic carbocycles. The summed E-state index contributed by atoms with van der Waals surface area (Å²) in [5, 5.41) is 0. The van der Waals surface area contributed by atoms with Crippen molar-refractivity contribution in [2.75, 3.05) is 13.2 Å². The number of hydrogen-bond donors (Lipinski definition) is 0. The van der Waals surface area contributed by atoms with E-state index in [0.29, 0.717) is 25.0 Å². The first-order valence-electron chi connectivity index (χ1n) is 6.68. The minimum absolute atomic E-state index is 0.244. The highest BCUT2D eigenvalue weighted by molar-refractivity contribution is 5.66. The SMILES string of the molecule is CC(=O)OC[C@@H]1[C@H](COC(C)=O)[C@H](C)CC[C@@H]1C. The first-order chi connectivity index (χ1) is 8.41. The summed E-state index contributed by atoms with van der Waals surface area (Å²) in [7, 11) is 0. The first-order valence-corrected chi connectivity index (χ1v) is 6.68. The van der Waals surface area contributed by atoms with E-state index in [1.165, 1.54) is 13.8 Å². The second-order valence-electron chi connectivity index (χ2n) is 5.46. The Morgan fingerprint density at radius 1 is 0.889 bits per heavy atom. The van der Waals surface area contributed by atoms with Gasteiger partial charge < -0.3 is 9.47 Å². The van der Waals surface area contributed by atoms with E-state index < -0.39 is 0 Å². The van der Waals surface area contributed by atoms with Crippen molar-refractivity contribution in [3.8, 4) is 0 Å². The third-order valence-electron chi connectivity index (χ3n) is 4.05. The summed E-state index contributed by atoms with van der Waals surface area (Å²) >= 11 is 0. The summed E-state index contributed by atoms with van der Waals surface area (Å²) in [5.41, 5.74) is 0. The van der Waals surface area contributed by atoms with Gasteiger partial charge in [-0.2, -0.15) is 0 Å². The van der Waals surface area contributed by atoms with Gasteiger partial charge in [-0.05, 0) is 11.8 Å². The third-order valence-corrected chi connectivity index (χ3v) is 4.05. The van der Waals surface area contributed by atoms with Crippen LogP contribution in [0.1, 0.15) is 40.5 Å². The molecule has 0 radical (unpaired) electrons. The van der Waals surface area contributed by atoms with Crippen LogP contribution >= 0.6 is 0 Å². The van der Waals surface area contributed by atoms with Gasteiger partial charge >= 0.3 is 11.9 Å². The van der Waals surface area contributed by atoms with Gasteiger partial charge in [0.15, 0.2) is 0 Å². The summed E-state index contributed by atoms with van der Waals surface area (Å²) in [6.45, 7) is 8.09. The molecule has 0 aromatic heterocycles. The van der Waals surface area contributed by atoms with Gasteiger partial charge in [0.2, 0.25) is 0 Å². The summed E-state index contributed by atoms with van der Waals surface area (Å²) in [5.74, 6) is 1.09. The molecule has 0 N–H and O–H groups in total. The number of esters is 2. The monoisotopic (exact) mass is 256 g/mol. The Hall–Kier alpha value is -1.06. The van der Waals surface area contributed by atoms with Gasteiger partial charge in [0.1, 0.15) is 0 Å². The maximum Gasteiger partial charge on any atom is 0.302 e. The van der Waals surface area contributed by atoms with Crippen LogP contribution in [0.2, 0.25) is 0 Å². The van der Waals surface area contributed by atoms with Crippen LogP contribution in [0.3, 0.4) is 0 Å². The molecule has 0 aromatic carbocycles. The van der Waals surface area contributed by atoms with Crippen LogP contribution in [-0.4, -0.2) is 25.2 Å². The van der Waals surface area contributed by atoms with Crippen molar-refractivity contribution in [3.05, 3.63) is 0 Å². The molecule has 1 aliphatic rings. The summed E-state index contributed by atoms with van der Waals surface area (Å²) in [6, 6.07) is 0. The number of ether oxygens (including phenoxy) is 2. The largest absolute Gasteiger partial charge is 0.466 e. The van der Waals surface area contributed by atoms with Crippen molar-refractivity contribution in [3.63, 3.8) is 0 Å². The van der Waals surface area contributed by atoms with Gasteiger partial charge in [-0.1, -0.05) is 26.7 Å². The molecule has 1 rings (SSSR count). The maximum absolute atomic E-state index is 10.9. The van der Waals surface area contributed by atoms with Gasteiger partial charge in [-0.15, -0.1) is 0 Å². The highest BCUT2D eigenvalue weighted by Gasteiger charge is 2.36. The molecule has 4 heteroatoms. The lowest BCUT2D eigenvalue weighted by Gasteiger charge is -2.39. The Kier molecular flexibility index (Phi) is 5.63. The Balaban J connectivity index is 2.63. The fraction of sp³-hybridized carbons (Fsp3) is 0.857. The van der Waals surface area contributed by atoms with E-state index in [4.69, 9.17) is 9.47 Å². The molecule has 0 bridgehead atoms. The fourth-order valence-electron chi connectivity index (χ4n) is 2.80. The van der Waals surface area contributed by atoms with Crippen molar-refractivity contribution < 1.29 is 19.1 Å². The minimum Gasteiger partial charge on any atom is -0.466 e. The molecule has 4 atom stereocenters. The Labute approximate surface area is 109 Å². The van der Waals surface area contributed by atoms with E-state index in [1.54, 1.807) is 0 Å². The quantitative estimate of drug-likeness (QED) is 0.725. The van der Waals surface area contributed by atoms with E-state index in [2.05, 4.69) is 13.8 Å². The zero-order valence-electron chi connectivity index (χ0n) is 11.8. The molecule has 0 spiro atoms. The predicted molar refractivity (Wildman–Crippen MR) is 67.8 cm³/mol. The Morgan fingerprint density at radius 2 is 1.22 bits per heavy atom. The fourth-order valence-corrected chi connectivity index (χ4v) is 2.80. The molecule has 104 valence electrons. The van der Waals surface area contributed by atoms with E-state index in [-0.39, 0.29) is 23.8 Å². The lowest BCUT2D eigenvalue weighted by molar-refractivity contribution is -0.150. The molecule has 0 aliphatic heterocycles. The van der Waals surface area contributed by atoms with Crippen LogP contribution in [-0.2, 0) is 19.1 Å². The third kappa shape index (κ3) is 4.31. The molecule has 18 heavy (non-hydrogen) atoms. The predicted octanol–water partition coefficient (Wildman–Crippen LogP) is 2.41. The molecule has 0 amide bonds. The van der Waals surface area contributed by atoms with Gasteiger partial charge in [0, 0.05) is 25.7 Å². The van der Waals surface area contributed by atoms with E-state index in [1.807, 2.05) is 0 Å². The number of carbonyl (C=O) groups excluding carboxylic acids is 2. The summed E-state index contributed by atoms with van der Waals surface area (Å²) in [4.78, 5) is 21.9. The molecular weight excluding hydrogens is 232 g/mol. The molecule has 0 unspecified atom stereocenters. The average Bonchev–Trinajstić information content (AvgIpc) is 2.28. The van der Waals surface area contributed by atoms with Crippen LogP contribution in [0.25, 0.3) is 0 Å². The summed E-state index contributed by atoms with van der Waals surface area (Å²) < 4.78 is 10.3. The molecule has 0 aromatic rings. The second kappa shape index (κ2) is 6.76. The molecule has 1 saturated carbocycles. The van der Waals surface area contributed by atoms with Crippen molar-refractivity contribution >= 4 is 11.9 Å². The van der Waals surface area contributed by atoms with Crippen molar-refractivity contribution in [1.29, 1.82) is 0 Å². The standard InChI is InChI=1S/C14H24O4/c1-9-5-6-10(2)14(8-18-12(4)16)13(9)7-17-11(3)15/h9-10,13-14H,5-8H2,1-4H3/t9-,10+,13-,14+. The van der Waals surface area contributed by atoms with Gasteiger partial charge in [0.25, 0.3) is 0 Å². The van der Waals surface area contributed by atoms with Crippen molar-refractivity contribution in [1.82, 2.24) is 0 Å². The normalized spacial score (nSPS) is 31.8. The van der Waals surface area contributed by atoms with Crippen LogP contribution in [0.5, 0.6) is 0 Å². The zero-order chi connectivity index (χ0) is 13.7. The first kappa shape index (κ1) is 15.0. The van der Waals surface area contributed by atoms with Gasteiger partial charge in [-0.3, -0.25) is 9.59 Å². The maximum atomic E-state index is 10.9. The highest BCUT2D eigenvalue weighted by atomic mass is 16.5. The van der Waals surface area contributed by atoms with Gasteiger partial charge in [0.05, 0.1) is 13.2 Å². The number of carbonyl (C=O) groups is 2. The van der Waals surface area contributed by atoms with Crippen molar-refractivity contribution in [2.45, 2.75) is 40.5 Å². The molecule has 0 saturated heterocycles. The second-order valence-corrected chi connectivity index (χ2v) is 5.46. The van der Waals surface area contributed by atoms with Crippen LogP contribution in [0.4, 0.5) is 0 Å². The lowest BCUT2D eigenvalue weighted by atomic mass is 9.68. The van der Waals surface area contributed by atoms with Crippen LogP contribution in [0.15, 0.2) is 0 Å². The zero-order valence-corrected chi connectivity index (χ0v) is 11.8. The topological polar surface area (TPSA) is 52.6 Å².